The summed E-state index contributed by atoms with van der Waals surface area (Å²) in [4.78, 5) is 30.1. The highest BCUT2D eigenvalue weighted by atomic mass is 16.5. The predicted molar refractivity (Wildman–Crippen MR) is 113 cm³/mol. The van der Waals surface area contributed by atoms with Gasteiger partial charge in [-0.3, -0.25) is 9.59 Å². The van der Waals surface area contributed by atoms with Crippen LogP contribution < -0.4 is 4.74 Å². The second-order valence-corrected chi connectivity index (χ2v) is 8.09. The summed E-state index contributed by atoms with van der Waals surface area (Å²) in [6.07, 6.45) is 1.27. The van der Waals surface area contributed by atoms with Gasteiger partial charge in [-0.25, -0.2) is 0 Å². The molecule has 2 heterocycles. The van der Waals surface area contributed by atoms with Gasteiger partial charge in [0.25, 0.3) is 5.91 Å². The maximum atomic E-state index is 13.3. The van der Waals surface area contributed by atoms with Gasteiger partial charge < -0.3 is 19.3 Å². The van der Waals surface area contributed by atoms with E-state index in [0.29, 0.717) is 25.3 Å². The van der Waals surface area contributed by atoms with E-state index in [1.807, 2.05) is 66.4 Å². The Balaban J connectivity index is 1.52. The van der Waals surface area contributed by atoms with Crippen LogP contribution in [0.3, 0.4) is 0 Å². The maximum absolute atomic E-state index is 13.3. The molecule has 0 radical (unpaired) electrons. The van der Waals surface area contributed by atoms with Crippen molar-refractivity contribution < 1.29 is 19.1 Å². The highest BCUT2D eigenvalue weighted by Crippen LogP contribution is 2.29. The van der Waals surface area contributed by atoms with Gasteiger partial charge in [-0.15, -0.1) is 0 Å². The summed E-state index contributed by atoms with van der Waals surface area (Å²) in [5.41, 5.74) is 2.11. The summed E-state index contributed by atoms with van der Waals surface area (Å²) in [5, 5.41) is 0. The number of methoxy groups -OCH3 is 1. The molecular formula is C24H28N2O4. The number of aryl methyl sites for hydroxylation is 1. The van der Waals surface area contributed by atoms with Gasteiger partial charge in [0, 0.05) is 26.6 Å². The first-order valence-electron chi connectivity index (χ1n) is 10.4. The summed E-state index contributed by atoms with van der Waals surface area (Å²) in [5.74, 6) is 0.498. The van der Waals surface area contributed by atoms with E-state index in [1.165, 1.54) is 0 Å². The predicted octanol–water partition coefficient (Wildman–Crippen LogP) is 2.44. The number of ether oxygens (including phenoxy) is 2. The van der Waals surface area contributed by atoms with E-state index in [1.54, 1.807) is 12.0 Å². The van der Waals surface area contributed by atoms with Crippen molar-refractivity contribution in [2.45, 2.75) is 38.0 Å². The van der Waals surface area contributed by atoms with E-state index in [-0.39, 0.29) is 30.6 Å². The molecule has 0 aromatic heterocycles. The molecule has 0 unspecified atom stereocenters. The normalized spacial score (nSPS) is 23.4. The lowest BCUT2D eigenvalue weighted by atomic mass is 9.99. The fraction of sp³-hybridized carbons (Fsp3) is 0.417. The molecule has 0 bridgehead atoms. The zero-order valence-electron chi connectivity index (χ0n) is 17.5. The van der Waals surface area contributed by atoms with Gasteiger partial charge in [0.1, 0.15) is 11.8 Å². The maximum Gasteiger partial charge on any atom is 0.261 e. The van der Waals surface area contributed by atoms with Crippen molar-refractivity contribution in [3.63, 3.8) is 0 Å². The summed E-state index contributed by atoms with van der Waals surface area (Å²) in [6.45, 7) is 3.00. The number of piperazine rings is 1. The Labute approximate surface area is 177 Å². The molecule has 4 rings (SSSR count). The van der Waals surface area contributed by atoms with E-state index in [2.05, 4.69) is 0 Å². The molecule has 2 saturated heterocycles. The Morgan fingerprint density at radius 3 is 2.63 bits per heavy atom. The number of hydrogen-bond acceptors (Lipinski definition) is 4. The van der Waals surface area contributed by atoms with Crippen molar-refractivity contribution in [2.75, 3.05) is 26.8 Å². The minimum absolute atomic E-state index is 0.00133. The van der Waals surface area contributed by atoms with E-state index in [9.17, 15) is 9.59 Å². The van der Waals surface area contributed by atoms with Crippen molar-refractivity contribution in [3.8, 4) is 5.75 Å². The zero-order valence-corrected chi connectivity index (χ0v) is 17.5. The van der Waals surface area contributed by atoms with Crippen molar-refractivity contribution in [1.82, 2.24) is 9.80 Å². The number of carbonyl (C=O) groups is 2. The molecule has 2 aliphatic rings. The van der Waals surface area contributed by atoms with E-state index in [0.717, 1.165) is 17.5 Å². The van der Waals surface area contributed by atoms with Crippen LogP contribution in [-0.4, -0.2) is 66.6 Å². The molecule has 158 valence electrons. The van der Waals surface area contributed by atoms with Gasteiger partial charge >= 0.3 is 0 Å². The third kappa shape index (κ3) is 4.33. The molecule has 2 aromatic carbocycles. The van der Waals surface area contributed by atoms with Crippen LogP contribution >= 0.6 is 0 Å². The van der Waals surface area contributed by atoms with E-state index >= 15 is 0 Å². The van der Waals surface area contributed by atoms with Crippen LogP contribution in [0.25, 0.3) is 0 Å². The van der Waals surface area contributed by atoms with Crippen molar-refractivity contribution in [1.29, 1.82) is 0 Å². The molecule has 0 aliphatic carbocycles. The number of carbonyl (C=O) groups excluding carboxylic acids is 2. The van der Waals surface area contributed by atoms with Crippen LogP contribution in [0.1, 0.15) is 17.5 Å². The van der Waals surface area contributed by atoms with Gasteiger partial charge in [-0.05, 0) is 36.6 Å². The summed E-state index contributed by atoms with van der Waals surface area (Å²) in [7, 11) is 1.67. The van der Waals surface area contributed by atoms with E-state index in [4.69, 9.17) is 9.47 Å². The topological polar surface area (TPSA) is 59.1 Å². The third-order valence-corrected chi connectivity index (χ3v) is 6.01. The minimum atomic E-state index is -0.520. The zero-order chi connectivity index (χ0) is 21.1. The first-order chi connectivity index (χ1) is 14.5. The number of nitrogens with zero attached hydrogens (tertiary/aromatic N) is 2. The molecule has 2 amide bonds. The molecule has 2 fully saturated rings. The fourth-order valence-corrected chi connectivity index (χ4v) is 4.41. The lowest BCUT2D eigenvalue weighted by Crippen LogP contribution is -2.62. The second-order valence-electron chi connectivity index (χ2n) is 8.09. The molecule has 2 aliphatic heterocycles. The monoisotopic (exact) mass is 408 g/mol. The summed E-state index contributed by atoms with van der Waals surface area (Å²) >= 11 is 0. The van der Waals surface area contributed by atoms with Crippen LogP contribution in [0.15, 0.2) is 54.6 Å². The lowest BCUT2D eigenvalue weighted by molar-refractivity contribution is -0.154. The Kier molecular flexibility index (Phi) is 6.04. The Hall–Kier alpha value is -2.86. The lowest BCUT2D eigenvalue weighted by Gasteiger charge is -2.42. The van der Waals surface area contributed by atoms with Crippen molar-refractivity contribution in [3.05, 3.63) is 65.7 Å². The average molecular weight is 408 g/mol. The molecule has 30 heavy (non-hydrogen) atoms. The number of benzene rings is 2. The van der Waals surface area contributed by atoms with Gasteiger partial charge in [0.15, 0.2) is 6.61 Å². The highest BCUT2D eigenvalue weighted by Gasteiger charge is 2.46. The molecule has 0 N–H and O–H groups in total. The van der Waals surface area contributed by atoms with Crippen LogP contribution in [-0.2, 0) is 20.7 Å². The Bertz CT molecular complexity index is 901. The molecule has 3 atom stereocenters. The van der Waals surface area contributed by atoms with Crippen LogP contribution in [0, 0.1) is 6.92 Å². The van der Waals surface area contributed by atoms with Crippen molar-refractivity contribution in [2.24, 2.45) is 0 Å². The Morgan fingerprint density at radius 1 is 1.10 bits per heavy atom. The fourth-order valence-electron chi connectivity index (χ4n) is 4.41. The Morgan fingerprint density at radius 2 is 1.90 bits per heavy atom. The molecule has 0 spiro atoms. The van der Waals surface area contributed by atoms with Gasteiger partial charge in [-0.2, -0.15) is 0 Å². The van der Waals surface area contributed by atoms with Crippen molar-refractivity contribution >= 4 is 11.8 Å². The number of hydrogen-bond donors (Lipinski definition) is 0. The van der Waals surface area contributed by atoms with Crippen LogP contribution in [0.5, 0.6) is 5.75 Å². The SMILES string of the molecule is CO[C@H]1C[C@H]2CN(C(=O)COc3cccc(C)c3)[C@@H](Cc3ccccc3)C(=O)N2C1. The number of amides is 2. The minimum Gasteiger partial charge on any atom is -0.484 e. The van der Waals surface area contributed by atoms with Crippen LogP contribution in [0.4, 0.5) is 0 Å². The first-order valence-corrected chi connectivity index (χ1v) is 10.4. The second kappa shape index (κ2) is 8.88. The van der Waals surface area contributed by atoms with E-state index < -0.39 is 6.04 Å². The average Bonchev–Trinajstić information content (AvgIpc) is 3.18. The number of rotatable bonds is 6. The van der Waals surface area contributed by atoms with Gasteiger partial charge in [0.2, 0.25) is 5.91 Å². The van der Waals surface area contributed by atoms with Crippen LogP contribution in [0.2, 0.25) is 0 Å². The smallest absolute Gasteiger partial charge is 0.261 e. The largest absolute Gasteiger partial charge is 0.484 e. The third-order valence-electron chi connectivity index (χ3n) is 6.01. The molecular weight excluding hydrogens is 380 g/mol. The van der Waals surface area contributed by atoms with Gasteiger partial charge in [0.05, 0.1) is 12.1 Å². The number of fused-ring (bicyclic) bond motifs is 1. The molecule has 6 nitrogen and oxygen atoms in total. The summed E-state index contributed by atoms with van der Waals surface area (Å²) < 4.78 is 11.2. The molecule has 0 saturated carbocycles. The summed E-state index contributed by atoms with van der Waals surface area (Å²) in [6, 6.07) is 16.9. The first kappa shape index (κ1) is 20.4. The molecule has 6 heteroatoms. The van der Waals surface area contributed by atoms with Gasteiger partial charge in [-0.1, -0.05) is 42.5 Å². The standard InChI is InChI=1S/C24H28N2O4/c1-17-7-6-10-20(11-17)30-16-23(27)26-14-19-13-21(29-2)15-25(19)24(28)22(26)12-18-8-4-3-5-9-18/h3-11,19,21-22H,12-16H2,1-2H3/t19-,21-,22-/m0/s1. The highest BCUT2D eigenvalue weighted by molar-refractivity contribution is 5.90. The quantitative estimate of drug-likeness (QED) is 0.737. The molecule has 2 aromatic rings.